The van der Waals surface area contributed by atoms with Gasteiger partial charge in [0.2, 0.25) is 0 Å². The van der Waals surface area contributed by atoms with Crippen LogP contribution in [0.4, 0.5) is 0 Å². The molecule has 3 aromatic rings. The van der Waals surface area contributed by atoms with E-state index in [0.29, 0.717) is 12.1 Å². The van der Waals surface area contributed by atoms with E-state index in [0.717, 1.165) is 19.1 Å². The van der Waals surface area contributed by atoms with Crippen LogP contribution < -0.4 is 5.76 Å². The van der Waals surface area contributed by atoms with E-state index in [4.69, 9.17) is 4.42 Å². The molecule has 2 aromatic carbocycles. The number of aromatic nitrogens is 1. The lowest BCUT2D eigenvalue weighted by Gasteiger charge is -2.03. The minimum absolute atomic E-state index is 0.320. The van der Waals surface area contributed by atoms with Gasteiger partial charge in [0, 0.05) is 8.04 Å². The minimum atomic E-state index is -0.320. The number of halogens is 2. The predicted octanol–water partition coefficient (Wildman–Crippen LogP) is 4.01. The topological polar surface area (TPSA) is 35.1 Å². The molecule has 0 atom stereocenters. The molecule has 3 rings (SSSR count). The van der Waals surface area contributed by atoms with Gasteiger partial charge in [-0.1, -0.05) is 28.1 Å². The summed E-state index contributed by atoms with van der Waals surface area (Å²) in [6.45, 7) is 0.514. The molecule has 0 aliphatic heterocycles. The largest absolute Gasteiger partial charge is 0.420 e. The average Bonchev–Trinajstić information content (AvgIpc) is 2.68. The van der Waals surface area contributed by atoms with Crippen LogP contribution in [0.5, 0.6) is 0 Å². The van der Waals surface area contributed by atoms with Gasteiger partial charge in [-0.2, -0.15) is 0 Å². The van der Waals surface area contributed by atoms with E-state index in [1.54, 1.807) is 4.57 Å². The number of oxazole rings is 1. The van der Waals surface area contributed by atoms with E-state index in [-0.39, 0.29) is 5.76 Å². The van der Waals surface area contributed by atoms with E-state index in [9.17, 15) is 4.79 Å². The normalized spacial score (nSPS) is 11.1. The van der Waals surface area contributed by atoms with Crippen LogP contribution in [0.1, 0.15) is 5.56 Å². The molecule has 0 N–H and O–H groups in total. The van der Waals surface area contributed by atoms with Crippen LogP contribution in [-0.4, -0.2) is 4.57 Å². The van der Waals surface area contributed by atoms with Gasteiger partial charge < -0.3 is 4.42 Å². The van der Waals surface area contributed by atoms with E-state index in [2.05, 4.69) is 38.5 Å². The lowest BCUT2D eigenvalue weighted by Crippen LogP contribution is -2.14. The van der Waals surface area contributed by atoms with Gasteiger partial charge in [-0.05, 0) is 58.5 Å². The molecule has 0 spiro atoms. The second-order valence-corrected chi connectivity index (χ2v) is 6.35. The lowest BCUT2D eigenvalue weighted by molar-refractivity contribution is 0.517. The summed E-state index contributed by atoms with van der Waals surface area (Å²) in [6, 6.07) is 13.7. The molecule has 0 bridgehead atoms. The van der Waals surface area contributed by atoms with Gasteiger partial charge in [0.25, 0.3) is 0 Å². The van der Waals surface area contributed by atoms with E-state index in [1.807, 2.05) is 42.5 Å². The zero-order chi connectivity index (χ0) is 13.4. The van der Waals surface area contributed by atoms with Crippen molar-refractivity contribution in [2.45, 2.75) is 6.54 Å². The first-order valence-electron chi connectivity index (χ1n) is 5.67. The molecule has 0 saturated carbocycles. The summed E-state index contributed by atoms with van der Waals surface area (Å²) in [6.07, 6.45) is 0. The number of fused-ring (bicyclic) bond motifs is 1. The third-order valence-electron chi connectivity index (χ3n) is 2.88. The van der Waals surface area contributed by atoms with E-state index in [1.165, 1.54) is 0 Å². The third kappa shape index (κ3) is 2.62. The zero-order valence-corrected chi connectivity index (χ0v) is 13.5. The zero-order valence-electron chi connectivity index (χ0n) is 9.77. The highest BCUT2D eigenvalue weighted by Crippen LogP contribution is 2.18. The molecule has 1 heterocycles. The Balaban J connectivity index is 2.07. The highest BCUT2D eigenvalue weighted by Gasteiger charge is 2.09. The van der Waals surface area contributed by atoms with Crippen molar-refractivity contribution in [1.82, 2.24) is 4.57 Å². The smallest absolute Gasteiger partial charge is 0.408 e. The molecule has 1 aromatic heterocycles. The Kier molecular flexibility index (Phi) is 3.49. The van der Waals surface area contributed by atoms with Crippen molar-refractivity contribution in [3.63, 3.8) is 0 Å². The first-order chi connectivity index (χ1) is 9.13. The molecular weight excluding hydrogens is 421 g/mol. The van der Waals surface area contributed by atoms with E-state index < -0.39 is 0 Å². The van der Waals surface area contributed by atoms with Crippen molar-refractivity contribution in [2.24, 2.45) is 0 Å². The van der Waals surface area contributed by atoms with E-state index >= 15 is 0 Å². The molecule has 0 fully saturated rings. The maximum Gasteiger partial charge on any atom is 0.420 e. The number of benzene rings is 2. The predicted molar refractivity (Wildman–Crippen MR) is 86.4 cm³/mol. The molecule has 0 aliphatic carbocycles. The quantitative estimate of drug-likeness (QED) is 0.577. The standard InChI is InChI=1S/C14H9BrINO2/c15-10-3-1-9(2-4-10)8-17-12-6-5-11(16)7-13(12)19-14(17)18/h1-7H,8H2. The monoisotopic (exact) mass is 429 g/mol. The Morgan fingerprint density at radius 2 is 1.89 bits per heavy atom. The molecule has 3 nitrogen and oxygen atoms in total. The summed E-state index contributed by atoms with van der Waals surface area (Å²) in [4.78, 5) is 11.9. The Morgan fingerprint density at radius 1 is 1.16 bits per heavy atom. The van der Waals surface area contributed by atoms with Crippen molar-refractivity contribution in [2.75, 3.05) is 0 Å². The number of nitrogens with zero attached hydrogens (tertiary/aromatic N) is 1. The van der Waals surface area contributed by atoms with Crippen LogP contribution in [0.15, 0.2) is 56.1 Å². The second kappa shape index (κ2) is 5.13. The van der Waals surface area contributed by atoms with Gasteiger partial charge in [-0.15, -0.1) is 0 Å². The van der Waals surface area contributed by atoms with Crippen molar-refractivity contribution < 1.29 is 4.42 Å². The highest BCUT2D eigenvalue weighted by molar-refractivity contribution is 14.1. The van der Waals surface area contributed by atoms with Crippen LogP contribution in [-0.2, 0) is 6.54 Å². The molecular formula is C14H9BrINO2. The van der Waals surface area contributed by atoms with Crippen molar-refractivity contribution in [3.05, 3.63) is 66.6 Å². The number of rotatable bonds is 2. The van der Waals surface area contributed by atoms with Gasteiger partial charge in [0.1, 0.15) is 0 Å². The van der Waals surface area contributed by atoms with Crippen LogP contribution in [0, 0.1) is 3.57 Å². The van der Waals surface area contributed by atoms with Crippen LogP contribution in [0.3, 0.4) is 0 Å². The highest BCUT2D eigenvalue weighted by atomic mass is 127. The van der Waals surface area contributed by atoms with Gasteiger partial charge >= 0.3 is 5.76 Å². The summed E-state index contributed by atoms with van der Waals surface area (Å²) in [5.74, 6) is -0.320. The Hall–Kier alpha value is -1.08. The summed E-state index contributed by atoms with van der Waals surface area (Å²) in [5, 5.41) is 0. The van der Waals surface area contributed by atoms with Crippen molar-refractivity contribution in [3.8, 4) is 0 Å². The Bertz CT molecular complexity index is 789. The number of hydrogen-bond acceptors (Lipinski definition) is 2. The summed E-state index contributed by atoms with van der Waals surface area (Å²) in [5.41, 5.74) is 2.52. The number of hydrogen-bond donors (Lipinski definition) is 0. The Labute approximate surface area is 131 Å². The van der Waals surface area contributed by atoms with Crippen LogP contribution in [0.2, 0.25) is 0 Å². The molecule has 0 saturated heterocycles. The fourth-order valence-electron chi connectivity index (χ4n) is 1.96. The SMILES string of the molecule is O=c1oc2cc(I)ccc2n1Cc1ccc(Br)cc1. The molecule has 0 amide bonds. The Morgan fingerprint density at radius 3 is 2.63 bits per heavy atom. The van der Waals surface area contributed by atoms with Gasteiger partial charge in [0.15, 0.2) is 5.58 Å². The van der Waals surface area contributed by atoms with Crippen LogP contribution >= 0.6 is 38.5 Å². The van der Waals surface area contributed by atoms with Crippen LogP contribution in [0.25, 0.3) is 11.1 Å². The van der Waals surface area contributed by atoms with Gasteiger partial charge in [0.05, 0.1) is 12.1 Å². The second-order valence-electron chi connectivity index (χ2n) is 4.19. The lowest BCUT2D eigenvalue weighted by atomic mass is 10.2. The molecule has 0 aliphatic rings. The molecule has 19 heavy (non-hydrogen) atoms. The fourth-order valence-corrected chi connectivity index (χ4v) is 2.69. The summed E-state index contributed by atoms with van der Waals surface area (Å²) in [7, 11) is 0. The maximum absolute atomic E-state index is 11.9. The average molecular weight is 430 g/mol. The molecule has 96 valence electrons. The molecule has 0 radical (unpaired) electrons. The fraction of sp³-hybridized carbons (Fsp3) is 0.0714. The first-order valence-corrected chi connectivity index (χ1v) is 7.54. The molecule has 0 unspecified atom stereocenters. The van der Waals surface area contributed by atoms with Crippen molar-refractivity contribution >= 4 is 49.6 Å². The first kappa shape index (κ1) is 12.9. The molecule has 5 heteroatoms. The summed E-state index contributed by atoms with van der Waals surface area (Å²) < 4.78 is 8.99. The van der Waals surface area contributed by atoms with Gasteiger partial charge in [-0.25, -0.2) is 4.79 Å². The summed E-state index contributed by atoms with van der Waals surface area (Å²) >= 11 is 5.60. The maximum atomic E-state index is 11.9. The minimum Gasteiger partial charge on any atom is -0.408 e. The van der Waals surface area contributed by atoms with Crippen molar-refractivity contribution in [1.29, 1.82) is 0 Å². The van der Waals surface area contributed by atoms with Gasteiger partial charge in [-0.3, -0.25) is 4.57 Å². The third-order valence-corrected chi connectivity index (χ3v) is 4.08.